The van der Waals surface area contributed by atoms with Gasteiger partial charge in [-0.2, -0.15) is 0 Å². The van der Waals surface area contributed by atoms with E-state index in [1.54, 1.807) is 0 Å². The fourth-order valence-corrected chi connectivity index (χ4v) is 2.26. The molecule has 1 saturated carbocycles. The quantitative estimate of drug-likeness (QED) is 0.633. The fourth-order valence-electron chi connectivity index (χ4n) is 2.26. The van der Waals surface area contributed by atoms with Crippen molar-refractivity contribution in [2.75, 3.05) is 0 Å². The Morgan fingerprint density at radius 2 is 1.73 bits per heavy atom. The van der Waals surface area contributed by atoms with Crippen molar-refractivity contribution >= 4 is 11.4 Å². The maximum absolute atomic E-state index is 4.70. The first-order chi connectivity index (χ1) is 7.25. The molecule has 15 heavy (non-hydrogen) atoms. The highest BCUT2D eigenvalue weighted by atomic mass is 14.7. The zero-order valence-electron chi connectivity index (χ0n) is 9.66. The number of aryl methyl sites for hydroxylation is 1. The first-order valence-corrected chi connectivity index (χ1v) is 5.87. The van der Waals surface area contributed by atoms with Gasteiger partial charge in [0.05, 0.1) is 5.69 Å². The molecule has 0 spiro atoms. The highest BCUT2D eigenvalue weighted by Crippen LogP contribution is 2.27. The summed E-state index contributed by atoms with van der Waals surface area (Å²) in [7, 11) is 0. The van der Waals surface area contributed by atoms with E-state index >= 15 is 0 Å². The number of aliphatic imine (C=N–C) groups is 1. The molecule has 2 rings (SSSR count). The van der Waals surface area contributed by atoms with Gasteiger partial charge < -0.3 is 0 Å². The van der Waals surface area contributed by atoms with Crippen LogP contribution in [0.3, 0.4) is 0 Å². The summed E-state index contributed by atoms with van der Waals surface area (Å²) in [6.07, 6.45) is 5.43. The van der Waals surface area contributed by atoms with E-state index in [9.17, 15) is 0 Å². The van der Waals surface area contributed by atoms with Crippen molar-refractivity contribution in [1.82, 2.24) is 0 Å². The fraction of sp³-hybridized carbons (Fsp3) is 0.500. The summed E-state index contributed by atoms with van der Waals surface area (Å²) >= 11 is 0. The van der Waals surface area contributed by atoms with Gasteiger partial charge in [0.1, 0.15) is 0 Å². The Labute approximate surface area is 92.2 Å². The van der Waals surface area contributed by atoms with Gasteiger partial charge in [0.2, 0.25) is 0 Å². The number of benzene rings is 1. The van der Waals surface area contributed by atoms with E-state index in [-0.39, 0.29) is 0 Å². The van der Waals surface area contributed by atoms with Crippen LogP contribution in [0.15, 0.2) is 29.3 Å². The minimum Gasteiger partial charge on any atom is -0.258 e. The van der Waals surface area contributed by atoms with Crippen molar-refractivity contribution in [2.24, 2.45) is 10.9 Å². The lowest BCUT2D eigenvalue weighted by Gasteiger charge is -2.08. The molecule has 1 heteroatoms. The molecule has 0 unspecified atom stereocenters. The van der Waals surface area contributed by atoms with Crippen molar-refractivity contribution in [3.05, 3.63) is 29.8 Å². The largest absolute Gasteiger partial charge is 0.258 e. The SMILES string of the molecule is CC(=Nc1ccc(C)cc1)C1CCCC1. The molecule has 0 saturated heterocycles. The maximum atomic E-state index is 4.70. The summed E-state index contributed by atoms with van der Waals surface area (Å²) in [5.74, 6) is 0.742. The van der Waals surface area contributed by atoms with E-state index < -0.39 is 0 Å². The molecule has 0 radical (unpaired) electrons. The van der Waals surface area contributed by atoms with Crippen LogP contribution in [-0.4, -0.2) is 5.71 Å². The van der Waals surface area contributed by atoms with Gasteiger partial charge in [-0.15, -0.1) is 0 Å². The topological polar surface area (TPSA) is 12.4 Å². The summed E-state index contributed by atoms with van der Waals surface area (Å²) in [6.45, 7) is 4.28. The van der Waals surface area contributed by atoms with E-state index in [1.807, 2.05) is 0 Å². The Kier molecular flexibility index (Phi) is 3.20. The van der Waals surface area contributed by atoms with Crippen molar-refractivity contribution in [3.8, 4) is 0 Å². The van der Waals surface area contributed by atoms with E-state index in [2.05, 4.69) is 38.1 Å². The highest BCUT2D eigenvalue weighted by Gasteiger charge is 2.17. The molecule has 1 aromatic rings. The molecule has 0 heterocycles. The monoisotopic (exact) mass is 201 g/mol. The van der Waals surface area contributed by atoms with Crippen molar-refractivity contribution in [2.45, 2.75) is 39.5 Å². The predicted octanol–water partition coefficient (Wildman–Crippen LogP) is 4.28. The molecule has 0 atom stereocenters. The van der Waals surface area contributed by atoms with E-state index in [1.165, 1.54) is 37.0 Å². The lowest BCUT2D eigenvalue weighted by Crippen LogP contribution is -2.05. The van der Waals surface area contributed by atoms with E-state index in [0.29, 0.717) is 0 Å². The third-order valence-corrected chi connectivity index (χ3v) is 3.29. The van der Waals surface area contributed by atoms with Gasteiger partial charge in [0.25, 0.3) is 0 Å². The molecule has 1 aromatic carbocycles. The zero-order valence-corrected chi connectivity index (χ0v) is 9.66. The molecular weight excluding hydrogens is 182 g/mol. The lowest BCUT2D eigenvalue weighted by atomic mass is 10.0. The average molecular weight is 201 g/mol. The molecular formula is C14H19N. The molecule has 1 nitrogen and oxygen atoms in total. The number of nitrogens with zero attached hydrogens (tertiary/aromatic N) is 1. The van der Waals surface area contributed by atoms with Crippen LogP contribution in [0, 0.1) is 12.8 Å². The molecule has 0 N–H and O–H groups in total. The van der Waals surface area contributed by atoms with Crippen LogP contribution in [0.2, 0.25) is 0 Å². The molecule has 1 aliphatic rings. The van der Waals surface area contributed by atoms with Gasteiger partial charge in [0.15, 0.2) is 0 Å². The van der Waals surface area contributed by atoms with Crippen LogP contribution < -0.4 is 0 Å². The molecule has 0 aromatic heterocycles. The molecule has 1 fully saturated rings. The maximum Gasteiger partial charge on any atom is 0.0629 e. The van der Waals surface area contributed by atoms with Gasteiger partial charge >= 0.3 is 0 Å². The summed E-state index contributed by atoms with van der Waals surface area (Å²) in [6, 6.07) is 8.46. The number of rotatable bonds is 2. The highest BCUT2D eigenvalue weighted by molar-refractivity contribution is 5.87. The van der Waals surface area contributed by atoms with Crippen LogP contribution in [0.4, 0.5) is 5.69 Å². The summed E-state index contributed by atoms with van der Waals surface area (Å²) in [5.41, 5.74) is 3.72. The second kappa shape index (κ2) is 4.61. The van der Waals surface area contributed by atoms with Gasteiger partial charge in [-0.25, -0.2) is 0 Å². The second-order valence-electron chi connectivity index (χ2n) is 4.57. The summed E-state index contributed by atoms with van der Waals surface area (Å²) in [5, 5.41) is 0. The molecule has 1 aliphatic carbocycles. The van der Waals surface area contributed by atoms with Gasteiger partial charge in [-0.05, 0) is 44.7 Å². The molecule has 80 valence electrons. The van der Waals surface area contributed by atoms with Crippen LogP contribution in [0.5, 0.6) is 0 Å². The molecule has 0 amide bonds. The van der Waals surface area contributed by atoms with E-state index in [4.69, 9.17) is 4.99 Å². The van der Waals surface area contributed by atoms with Crippen LogP contribution >= 0.6 is 0 Å². The third-order valence-electron chi connectivity index (χ3n) is 3.29. The first kappa shape index (κ1) is 10.4. The van der Waals surface area contributed by atoms with Gasteiger partial charge in [-0.3, -0.25) is 4.99 Å². The third kappa shape index (κ3) is 2.68. The Bertz CT molecular complexity index is 342. The minimum atomic E-state index is 0.742. The number of hydrogen-bond donors (Lipinski definition) is 0. The van der Waals surface area contributed by atoms with Crippen molar-refractivity contribution in [3.63, 3.8) is 0 Å². The Hall–Kier alpha value is -1.11. The smallest absolute Gasteiger partial charge is 0.0629 e. The minimum absolute atomic E-state index is 0.742. The van der Waals surface area contributed by atoms with Crippen LogP contribution in [0.1, 0.15) is 38.2 Å². The Morgan fingerprint density at radius 3 is 2.33 bits per heavy atom. The Morgan fingerprint density at radius 1 is 1.13 bits per heavy atom. The van der Waals surface area contributed by atoms with Crippen LogP contribution in [0.25, 0.3) is 0 Å². The summed E-state index contributed by atoms with van der Waals surface area (Å²) < 4.78 is 0. The molecule has 0 aliphatic heterocycles. The standard InChI is InChI=1S/C14H19N/c1-11-7-9-14(10-8-11)15-12(2)13-5-3-4-6-13/h7-10,13H,3-6H2,1-2H3. The van der Waals surface area contributed by atoms with Gasteiger partial charge in [-0.1, -0.05) is 30.5 Å². The van der Waals surface area contributed by atoms with Gasteiger partial charge in [0, 0.05) is 5.71 Å². The zero-order chi connectivity index (χ0) is 10.7. The van der Waals surface area contributed by atoms with Crippen molar-refractivity contribution < 1.29 is 0 Å². The summed E-state index contributed by atoms with van der Waals surface area (Å²) in [4.78, 5) is 4.70. The average Bonchev–Trinajstić information content (AvgIpc) is 2.74. The second-order valence-corrected chi connectivity index (χ2v) is 4.57. The van der Waals surface area contributed by atoms with Crippen LogP contribution in [-0.2, 0) is 0 Å². The normalized spacial score (nSPS) is 18.4. The van der Waals surface area contributed by atoms with E-state index in [0.717, 1.165) is 11.6 Å². The first-order valence-electron chi connectivity index (χ1n) is 5.87. The number of hydrogen-bond acceptors (Lipinski definition) is 1. The lowest BCUT2D eigenvalue weighted by molar-refractivity contribution is 0.725. The predicted molar refractivity (Wildman–Crippen MR) is 65.9 cm³/mol. The van der Waals surface area contributed by atoms with Crippen molar-refractivity contribution in [1.29, 1.82) is 0 Å². The Balaban J connectivity index is 2.11. The molecule has 0 bridgehead atoms.